The predicted octanol–water partition coefficient (Wildman–Crippen LogP) is 4.90. The van der Waals surface area contributed by atoms with Crippen LogP contribution in [0, 0.1) is 19.8 Å². The lowest BCUT2D eigenvalue weighted by Crippen LogP contribution is -2.16. The molecule has 2 heterocycles. The molecule has 0 bridgehead atoms. The van der Waals surface area contributed by atoms with E-state index in [1.54, 1.807) is 0 Å². The maximum Gasteiger partial charge on any atom is 0.0675 e. The lowest BCUT2D eigenvalue weighted by Gasteiger charge is -2.22. The van der Waals surface area contributed by atoms with E-state index in [9.17, 15) is 0 Å². The van der Waals surface area contributed by atoms with Gasteiger partial charge in [-0.05, 0) is 54.6 Å². The van der Waals surface area contributed by atoms with Crippen molar-refractivity contribution in [1.82, 2.24) is 14.8 Å². The van der Waals surface area contributed by atoms with Gasteiger partial charge in [0.15, 0.2) is 0 Å². The maximum atomic E-state index is 4.78. The van der Waals surface area contributed by atoms with Gasteiger partial charge in [-0.25, -0.2) is 0 Å². The highest BCUT2D eigenvalue weighted by molar-refractivity contribution is 9.10. The Balaban J connectivity index is 1.89. The molecule has 1 aliphatic rings. The Labute approximate surface area is 134 Å². The normalized spacial score (nSPS) is 16.3. The van der Waals surface area contributed by atoms with Crippen molar-refractivity contribution in [3.8, 4) is 11.1 Å². The zero-order valence-corrected chi connectivity index (χ0v) is 14.4. The van der Waals surface area contributed by atoms with Crippen LogP contribution in [0.3, 0.4) is 0 Å². The van der Waals surface area contributed by atoms with Gasteiger partial charge < -0.3 is 0 Å². The van der Waals surface area contributed by atoms with Crippen LogP contribution in [0.4, 0.5) is 0 Å². The zero-order valence-electron chi connectivity index (χ0n) is 12.8. The topological polar surface area (TPSA) is 30.7 Å². The third kappa shape index (κ3) is 3.20. The van der Waals surface area contributed by atoms with E-state index in [4.69, 9.17) is 5.10 Å². The molecule has 1 aliphatic carbocycles. The van der Waals surface area contributed by atoms with Gasteiger partial charge in [0.1, 0.15) is 0 Å². The van der Waals surface area contributed by atoms with Crippen molar-refractivity contribution in [2.45, 2.75) is 52.5 Å². The standard InChI is InChI=1S/C17H22BrN3/c1-12-17(15-8-16(18)10-19-9-15)13(2)21(20-12)11-14-6-4-3-5-7-14/h8-10,14H,3-7,11H2,1-2H3. The van der Waals surface area contributed by atoms with Crippen LogP contribution >= 0.6 is 15.9 Å². The molecule has 1 fully saturated rings. The molecule has 2 aromatic heterocycles. The SMILES string of the molecule is Cc1nn(CC2CCCCC2)c(C)c1-c1cncc(Br)c1. The highest BCUT2D eigenvalue weighted by Crippen LogP contribution is 2.30. The van der Waals surface area contributed by atoms with Crippen LogP contribution < -0.4 is 0 Å². The Kier molecular flexibility index (Phi) is 4.43. The third-order valence-corrected chi connectivity index (χ3v) is 4.96. The van der Waals surface area contributed by atoms with Gasteiger partial charge >= 0.3 is 0 Å². The fraction of sp³-hybridized carbons (Fsp3) is 0.529. The fourth-order valence-corrected chi connectivity index (χ4v) is 3.82. The fourth-order valence-electron chi connectivity index (χ4n) is 3.46. The number of nitrogens with zero attached hydrogens (tertiary/aromatic N) is 3. The Hall–Kier alpha value is -1.16. The van der Waals surface area contributed by atoms with Gasteiger partial charge in [0.25, 0.3) is 0 Å². The second-order valence-corrected chi connectivity index (χ2v) is 7.04. The molecule has 4 heteroatoms. The van der Waals surface area contributed by atoms with Crippen LogP contribution in [0.5, 0.6) is 0 Å². The molecule has 1 saturated carbocycles. The second-order valence-electron chi connectivity index (χ2n) is 6.12. The lowest BCUT2D eigenvalue weighted by molar-refractivity contribution is 0.305. The third-order valence-electron chi connectivity index (χ3n) is 4.53. The largest absolute Gasteiger partial charge is 0.269 e. The van der Waals surface area contributed by atoms with E-state index in [0.717, 1.165) is 28.2 Å². The summed E-state index contributed by atoms with van der Waals surface area (Å²) in [5.74, 6) is 0.797. The van der Waals surface area contributed by atoms with Gasteiger partial charge in [-0.3, -0.25) is 9.67 Å². The molecule has 0 aromatic carbocycles. The van der Waals surface area contributed by atoms with E-state index < -0.39 is 0 Å². The second kappa shape index (κ2) is 6.30. The summed E-state index contributed by atoms with van der Waals surface area (Å²) in [5.41, 5.74) is 4.75. The summed E-state index contributed by atoms with van der Waals surface area (Å²) in [6.45, 7) is 5.34. The van der Waals surface area contributed by atoms with Crippen LogP contribution in [-0.4, -0.2) is 14.8 Å². The first-order valence-electron chi connectivity index (χ1n) is 7.80. The van der Waals surface area contributed by atoms with Crippen LogP contribution in [0.1, 0.15) is 43.5 Å². The summed E-state index contributed by atoms with van der Waals surface area (Å²) in [5, 5.41) is 4.78. The number of halogens is 1. The van der Waals surface area contributed by atoms with Crippen LogP contribution in [0.2, 0.25) is 0 Å². The molecular formula is C17H22BrN3. The number of aryl methyl sites for hydroxylation is 1. The molecule has 0 unspecified atom stereocenters. The minimum atomic E-state index is 0.797. The minimum Gasteiger partial charge on any atom is -0.269 e. The van der Waals surface area contributed by atoms with Crippen molar-refractivity contribution in [2.24, 2.45) is 5.92 Å². The van der Waals surface area contributed by atoms with Crippen LogP contribution in [0.15, 0.2) is 22.9 Å². The summed E-state index contributed by atoms with van der Waals surface area (Å²) in [7, 11) is 0. The molecule has 0 saturated heterocycles. The predicted molar refractivity (Wildman–Crippen MR) is 89.2 cm³/mol. The van der Waals surface area contributed by atoms with Crippen LogP contribution in [-0.2, 0) is 6.54 Å². The molecule has 0 aliphatic heterocycles. The van der Waals surface area contributed by atoms with E-state index in [1.807, 2.05) is 12.4 Å². The number of pyridine rings is 1. The van der Waals surface area contributed by atoms with Gasteiger partial charge in [-0.2, -0.15) is 5.10 Å². The van der Waals surface area contributed by atoms with E-state index in [-0.39, 0.29) is 0 Å². The zero-order chi connectivity index (χ0) is 14.8. The molecule has 3 nitrogen and oxygen atoms in total. The molecule has 0 spiro atoms. The Morgan fingerprint density at radius 3 is 2.67 bits per heavy atom. The van der Waals surface area contributed by atoms with Crippen molar-refractivity contribution in [1.29, 1.82) is 0 Å². The number of hydrogen-bond acceptors (Lipinski definition) is 2. The monoisotopic (exact) mass is 347 g/mol. The smallest absolute Gasteiger partial charge is 0.0675 e. The van der Waals surface area contributed by atoms with Gasteiger partial charge in [0.05, 0.1) is 5.69 Å². The number of hydrogen-bond donors (Lipinski definition) is 0. The van der Waals surface area contributed by atoms with Crippen molar-refractivity contribution < 1.29 is 0 Å². The Morgan fingerprint density at radius 1 is 1.19 bits per heavy atom. The first-order valence-corrected chi connectivity index (χ1v) is 8.59. The van der Waals surface area contributed by atoms with Crippen molar-refractivity contribution in [2.75, 3.05) is 0 Å². The van der Waals surface area contributed by atoms with Gasteiger partial charge in [-0.15, -0.1) is 0 Å². The van der Waals surface area contributed by atoms with Crippen molar-refractivity contribution in [3.63, 3.8) is 0 Å². The highest BCUT2D eigenvalue weighted by Gasteiger charge is 2.18. The van der Waals surface area contributed by atoms with Gasteiger partial charge in [0, 0.05) is 40.2 Å². The first-order chi connectivity index (χ1) is 10.1. The summed E-state index contributed by atoms with van der Waals surface area (Å²) in [6, 6.07) is 2.12. The van der Waals surface area contributed by atoms with E-state index in [0.29, 0.717) is 0 Å². The minimum absolute atomic E-state index is 0.797. The van der Waals surface area contributed by atoms with E-state index in [1.165, 1.54) is 43.4 Å². The summed E-state index contributed by atoms with van der Waals surface area (Å²) >= 11 is 3.51. The molecule has 0 amide bonds. The van der Waals surface area contributed by atoms with Crippen molar-refractivity contribution in [3.05, 3.63) is 34.3 Å². The molecule has 0 atom stereocenters. The molecule has 2 aromatic rings. The Morgan fingerprint density at radius 2 is 1.95 bits per heavy atom. The first kappa shape index (κ1) is 14.8. The highest BCUT2D eigenvalue weighted by atomic mass is 79.9. The van der Waals surface area contributed by atoms with Crippen LogP contribution in [0.25, 0.3) is 11.1 Å². The summed E-state index contributed by atoms with van der Waals surface area (Å²) in [6.07, 6.45) is 10.6. The lowest BCUT2D eigenvalue weighted by atomic mass is 9.89. The Bertz CT molecular complexity index is 627. The summed E-state index contributed by atoms with van der Waals surface area (Å²) in [4.78, 5) is 4.28. The molecular weight excluding hydrogens is 326 g/mol. The molecule has 0 N–H and O–H groups in total. The average Bonchev–Trinajstić information content (AvgIpc) is 2.74. The van der Waals surface area contributed by atoms with E-state index in [2.05, 4.69) is 45.5 Å². The molecule has 21 heavy (non-hydrogen) atoms. The van der Waals surface area contributed by atoms with Gasteiger partial charge in [0.2, 0.25) is 0 Å². The van der Waals surface area contributed by atoms with E-state index >= 15 is 0 Å². The summed E-state index contributed by atoms with van der Waals surface area (Å²) < 4.78 is 3.22. The molecule has 112 valence electrons. The maximum absolute atomic E-state index is 4.78. The number of aromatic nitrogens is 3. The van der Waals surface area contributed by atoms with Crippen molar-refractivity contribution >= 4 is 15.9 Å². The molecule has 0 radical (unpaired) electrons. The average molecular weight is 348 g/mol. The van der Waals surface area contributed by atoms with Gasteiger partial charge in [-0.1, -0.05) is 19.3 Å². The quantitative estimate of drug-likeness (QED) is 0.789. The molecule has 3 rings (SSSR count). The number of rotatable bonds is 3.